The second kappa shape index (κ2) is 7.53. The summed E-state index contributed by atoms with van der Waals surface area (Å²) >= 11 is 6.02. The van der Waals surface area contributed by atoms with Crippen LogP contribution in [0.25, 0.3) is 5.69 Å². The lowest BCUT2D eigenvalue weighted by Gasteiger charge is -2.09. The van der Waals surface area contributed by atoms with Crippen molar-refractivity contribution in [3.05, 3.63) is 76.3 Å². The van der Waals surface area contributed by atoms with E-state index in [-0.39, 0.29) is 5.91 Å². The zero-order chi connectivity index (χ0) is 18.8. The third-order valence-electron chi connectivity index (χ3n) is 4.76. The van der Waals surface area contributed by atoms with Crippen LogP contribution in [0.1, 0.15) is 53.1 Å². The van der Waals surface area contributed by atoms with Crippen molar-refractivity contribution in [2.45, 2.75) is 38.6 Å². The summed E-state index contributed by atoms with van der Waals surface area (Å²) in [4.78, 5) is 17.3. The number of halogens is 1. The number of hydrogen-bond donors (Lipinski definition) is 1. The van der Waals surface area contributed by atoms with Crippen LogP contribution in [0.15, 0.2) is 48.7 Å². The second-order valence-electron chi connectivity index (χ2n) is 6.73. The molecule has 0 radical (unpaired) electrons. The van der Waals surface area contributed by atoms with Crippen molar-refractivity contribution < 1.29 is 4.79 Å². The minimum absolute atomic E-state index is 0.0837. The highest BCUT2D eigenvalue weighted by Gasteiger charge is 2.34. The first kappa shape index (κ1) is 17.7. The van der Waals surface area contributed by atoms with Gasteiger partial charge in [0.05, 0.1) is 34.9 Å². The van der Waals surface area contributed by atoms with Gasteiger partial charge in [-0.3, -0.25) is 9.78 Å². The minimum Gasteiger partial charge on any atom is -0.346 e. The monoisotopic (exact) mass is 380 g/mol. The number of benzene rings is 1. The highest BCUT2D eigenvalue weighted by Crippen LogP contribution is 2.42. The zero-order valence-electron chi connectivity index (χ0n) is 15.2. The Hall–Kier alpha value is -2.66. The number of nitrogens with one attached hydrogen (secondary N) is 1. The lowest BCUT2D eigenvalue weighted by molar-refractivity contribution is 0.0948. The van der Waals surface area contributed by atoms with Gasteiger partial charge in [0.1, 0.15) is 0 Å². The number of rotatable bonds is 6. The Morgan fingerprint density at radius 2 is 2.00 bits per heavy atom. The van der Waals surface area contributed by atoms with E-state index >= 15 is 0 Å². The van der Waals surface area contributed by atoms with E-state index in [9.17, 15) is 4.79 Å². The van der Waals surface area contributed by atoms with Gasteiger partial charge >= 0.3 is 0 Å². The number of aromatic nitrogens is 3. The molecule has 0 aliphatic heterocycles. The molecule has 6 heteroatoms. The molecule has 1 saturated carbocycles. The van der Waals surface area contributed by atoms with E-state index in [0.29, 0.717) is 29.5 Å². The minimum atomic E-state index is -0.0837. The van der Waals surface area contributed by atoms with Crippen molar-refractivity contribution in [1.29, 1.82) is 0 Å². The van der Waals surface area contributed by atoms with Crippen LogP contribution in [0.2, 0.25) is 5.02 Å². The predicted molar refractivity (Wildman–Crippen MR) is 105 cm³/mol. The van der Waals surface area contributed by atoms with Gasteiger partial charge in [-0.1, -0.05) is 24.6 Å². The Morgan fingerprint density at radius 1 is 1.22 bits per heavy atom. The van der Waals surface area contributed by atoms with E-state index < -0.39 is 0 Å². The van der Waals surface area contributed by atoms with Gasteiger partial charge in [-0.15, -0.1) is 0 Å². The molecule has 1 fully saturated rings. The zero-order valence-corrected chi connectivity index (χ0v) is 15.9. The van der Waals surface area contributed by atoms with Crippen molar-refractivity contribution in [3.8, 4) is 5.69 Å². The van der Waals surface area contributed by atoms with Crippen LogP contribution in [0, 0.1) is 0 Å². The van der Waals surface area contributed by atoms with Gasteiger partial charge in [-0.05, 0) is 55.7 Å². The van der Waals surface area contributed by atoms with Gasteiger partial charge in [0, 0.05) is 17.1 Å². The van der Waals surface area contributed by atoms with Crippen molar-refractivity contribution in [1.82, 2.24) is 20.1 Å². The highest BCUT2D eigenvalue weighted by molar-refractivity contribution is 6.30. The molecule has 1 amide bonds. The number of hydrogen-bond acceptors (Lipinski definition) is 3. The molecular weight excluding hydrogens is 360 g/mol. The Kier molecular flexibility index (Phi) is 4.94. The average molecular weight is 381 g/mol. The van der Waals surface area contributed by atoms with Crippen LogP contribution in [-0.2, 0) is 13.0 Å². The molecule has 0 saturated heterocycles. The number of carbonyl (C=O) groups is 1. The molecule has 3 aromatic rings. The number of pyridine rings is 1. The van der Waals surface area contributed by atoms with Crippen LogP contribution >= 0.6 is 11.6 Å². The van der Waals surface area contributed by atoms with Crippen molar-refractivity contribution in [2.75, 3.05) is 0 Å². The standard InChI is InChI=1S/C21H21ClN4O/c1-2-18-19(21(27)24-13-16-5-3-4-12-23-16)20(14-6-7-14)25-26(18)17-10-8-15(22)9-11-17/h3-5,8-12,14H,2,6-7,13H2,1H3,(H,24,27). The molecule has 2 heterocycles. The number of carbonyl (C=O) groups excluding carboxylic acids is 1. The van der Waals surface area contributed by atoms with E-state index in [1.54, 1.807) is 6.20 Å². The van der Waals surface area contributed by atoms with Crippen LogP contribution in [0.5, 0.6) is 0 Å². The summed E-state index contributed by atoms with van der Waals surface area (Å²) in [5.74, 6) is 0.291. The quantitative estimate of drug-likeness (QED) is 0.693. The normalized spacial score (nSPS) is 13.6. The molecule has 1 N–H and O–H groups in total. The first-order valence-electron chi connectivity index (χ1n) is 9.23. The third kappa shape index (κ3) is 3.74. The molecule has 5 nitrogen and oxygen atoms in total. The molecule has 1 aromatic carbocycles. The number of amides is 1. The third-order valence-corrected chi connectivity index (χ3v) is 5.01. The van der Waals surface area contributed by atoms with Crippen LogP contribution in [-0.4, -0.2) is 20.7 Å². The molecule has 0 atom stereocenters. The summed E-state index contributed by atoms with van der Waals surface area (Å²) in [7, 11) is 0. The summed E-state index contributed by atoms with van der Waals surface area (Å²) in [5.41, 5.74) is 4.30. The topological polar surface area (TPSA) is 59.8 Å². The fourth-order valence-electron chi connectivity index (χ4n) is 3.25. The largest absolute Gasteiger partial charge is 0.346 e. The summed E-state index contributed by atoms with van der Waals surface area (Å²) in [6.07, 6.45) is 4.62. The molecule has 0 bridgehead atoms. The average Bonchev–Trinajstić information content (AvgIpc) is 3.47. The number of nitrogens with zero attached hydrogens (tertiary/aromatic N) is 3. The Morgan fingerprint density at radius 3 is 2.63 bits per heavy atom. The SMILES string of the molecule is CCc1c(C(=O)NCc2ccccn2)c(C2CC2)nn1-c1ccc(Cl)cc1. The van der Waals surface area contributed by atoms with E-state index in [4.69, 9.17) is 16.7 Å². The Balaban J connectivity index is 1.68. The molecular formula is C21H21ClN4O. The van der Waals surface area contributed by atoms with Crippen LogP contribution in [0.3, 0.4) is 0 Å². The summed E-state index contributed by atoms with van der Waals surface area (Å²) in [6, 6.07) is 13.2. The van der Waals surface area contributed by atoms with Gasteiger partial charge in [-0.2, -0.15) is 5.10 Å². The second-order valence-corrected chi connectivity index (χ2v) is 7.16. The van der Waals surface area contributed by atoms with Crippen molar-refractivity contribution >= 4 is 17.5 Å². The molecule has 27 heavy (non-hydrogen) atoms. The summed E-state index contributed by atoms with van der Waals surface area (Å²) < 4.78 is 1.89. The maximum absolute atomic E-state index is 13.0. The first-order valence-corrected chi connectivity index (χ1v) is 9.61. The van der Waals surface area contributed by atoms with Crippen molar-refractivity contribution in [2.24, 2.45) is 0 Å². The van der Waals surface area contributed by atoms with Gasteiger partial charge in [0.2, 0.25) is 0 Å². The van der Waals surface area contributed by atoms with Gasteiger partial charge < -0.3 is 5.32 Å². The fourth-order valence-corrected chi connectivity index (χ4v) is 3.37. The fraction of sp³-hybridized carbons (Fsp3) is 0.286. The smallest absolute Gasteiger partial charge is 0.255 e. The van der Waals surface area contributed by atoms with Gasteiger partial charge in [-0.25, -0.2) is 4.68 Å². The Bertz CT molecular complexity index is 946. The molecule has 0 unspecified atom stereocenters. The van der Waals surface area contributed by atoms with Gasteiger partial charge in [0.25, 0.3) is 5.91 Å². The summed E-state index contributed by atoms with van der Waals surface area (Å²) in [6.45, 7) is 2.45. The van der Waals surface area contributed by atoms with E-state index in [1.807, 2.05) is 47.1 Å². The van der Waals surface area contributed by atoms with Gasteiger partial charge in [0.15, 0.2) is 0 Å². The Labute approximate surface area is 163 Å². The molecule has 2 aromatic heterocycles. The van der Waals surface area contributed by atoms with E-state index in [0.717, 1.165) is 35.6 Å². The lowest BCUT2D eigenvalue weighted by Crippen LogP contribution is -2.25. The first-order chi connectivity index (χ1) is 13.2. The summed E-state index contributed by atoms with van der Waals surface area (Å²) in [5, 5.41) is 8.51. The highest BCUT2D eigenvalue weighted by atomic mass is 35.5. The maximum Gasteiger partial charge on any atom is 0.255 e. The predicted octanol–water partition coefficient (Wildman–Crippen LogP) is 4.29. The van der Waals surface area contributed by atoms with E-state index in [2.05, 4.69) is 17.2 Å². The van der Waals surface area contributed by atoms with Crippen LogP contribution in [0.4, 0.5) is 0 Å². The molecule has 1 aliphatic carbocycles. The molecule has 1 aliphatic rings. The molecule has 0 spiro atoms. The van der Waals surface area contributed by atoms with Crippen LogP contribution < -0.4 is 5.32 Å². The molecule has 138 valence electrons. The van der Waals surface area contributed by atoms with Crippen molar-refractivity contribution in [3.63, 3.8) is 0 Å². The molecule has 4 rings (SSSR count). The van der Waals surface area contributed by atoms with E-state index in [1.165, 1.54) is 0 Å². The lowest BCUT2D eigenvalue weighted by atomic mass is 10.1. The maximum atomic E-state index is 13.0.